The SMILES string of the molecule is O=S(=O)(O)O.OC[C@H]1O[C@@H]2O[C@H]3[C@H](O)[C@@H](O)[C@@H](O[C@H]4[C@H](O)[C@@H](O)[C@@H](O[C@H]5[C@H](O)[C@@H](O)[C@@H](O[C@H]6[C@@H](O)[C@H](O)[C@@H](O[C@H]7[C@@H](O)[C@H](O)[C@@H](O[C@H]8[C@@H](O)[C@H](O)[C@@H](O[C@H]1[C@H](O)[C@H]2O)O[C@@H]8CO)O[C@@H]7CO)O[C@@H]6CO)O[C@@H]5CO)O[C@@H]4CO)O[C@@H]3CO. The van der Waals surface area contributed by atoms with E-state index < -0.39 is 272 Å². The van der Waals surface area contributed by atoms with Crippen LogP contribution in [0.2, 0.25) is 0 Å². The predicted molar refractivity (Wildman–Crippen MR) is 243 cm³/mol. The number of ether oxygens (including phenoxy) is 14. The minimum Gasteiger partial charge on any atom is -0.394 e. The Labute approximate surface area is 462 Å². The van der Waals surface area contributed by atoms with Crippen molar-refractivity contribution >= 4 is 10.4 Å². The van der Waals surface area contributed by atoms with E-state index in [1.54, 1.807) is 0 Å². The van der Waals surface area contributed by atoms with Crippen molar-refractivity contribution in [2.24, 2.45) is 0 Å². The first-order valence-corrected chi connectivity index (χ1v) is 26.7. The molecule has 0 aliphatic carbocycles. The molecular weight excluding hydrogens is 1160 g/mol. The molecule has 21 aliphatic heterocycles. The van der Waals surface area contributed by atoms with Gasteiger partial charge in [0.25, 0.3) is 0 Å². The Morgan fingerprint density at radius 2 is 0.305 bits per heavy atom. The molecule has 480 valence electrons. The van der Waals surface area contributed by atoms with E-state index in [4.69, 9.17) is 83.8 Å². The molecule has 0 aromatic heterocycles. The van der Waals surface area contributed by atoms with Crippen LogP contribution in [0.5, 0.6) is 0 Å². The molecule has 23 N–H and O–H groups in total. The summed E-state index contributed by atoms with van der Waals surface area (Å²) in [6.45, 7) is -7.33. The van der Waals surface area contributed by atoms with Gasteiger partial charge in [0.1, 0.15) is 171 Å². The Bertz CT molecular complexity index is 1700. The minimum absolute atomic E-state index is 1.05. The second kappa shape index (κ2) is 28.7. The third kappa shape index (κ3) is 14.5. The van der Waals surface area contributed by atoms with Crippen LogP contribution >= 0.6 is 0 Å². The van der Waals surface area contributed by atoms with Crippen LogP contribution in [0.15, 0.2) is 0 Å². The summed E-state index contributed by atoms with van der Waals surface area (Å²) in [5.41, 5.74) is 0. The number of aliphatic hydroxyl groups excluding tert-OH is 21. The molecular formula is C42H72O39S. The highest BCUT2D eigenvalue weighted by Crippen LogP contribution is 2.39. The van der Waals surface area contributed by atoms with Crippen LogP contribution < -0.4 is 0 Å². The highest BCUT2D eigenvalue weighted by Gasteiger charge is 2.59. The number of aliphatic hydroxyl groups is 21. The zero-order valence-electron chi connectivity index (χ0n) is 42.4. The van der Waals surface area contributed by atoms with Gasteiger partial charge in [0, 0.05) is 0 Å². The molecule has 21 heterocycles. The second-order valence-electron chi connectivity index (χ2n) is 20.1. The van der Waals surface area contributed by atoms with Crippen LogP contribution in [-0.2, 0) is 76.7 Å². The number of hydrogen-bond donors (Lipinski definition) is 23. The van der Waals surface area contributed by atoms with Crippen LogP contribution in [0.3, 0.4) is 0 Å². The maximum absolute atomic E-state index is 11.3. The minimum atomic E-state index is -4.67. The summed E-state index contributed by atoms with van der Waals surface area (Å²) in [5, 5.41) is 230. The van der Waals surface area contributed by atoms with E-state index in [2.05, 4.69) is 0 Å². The molecule has 0 aromatic rings. The van der Waals surface area contributed by atoms with Gasteiger partial charge in [-0.3, -0.25) is 9.11 Å². The molecule has 14 bridgehead atoms. The maximum atomic E-state index is 11.3. The summed E-state index contributed by atoms with van der Waals surface area (Å²) in [7, 11) is -4.67. The monoisotopic (exact) mass is 1230 g/mol. The number of rotatable bonds is 7. The Morgan fingerprint density at radius 1 is 0.207 bits per heavy atom. The summed E-state index contributed by atoms with van der Waals surface area (Å²) in [6.07, 6.45) is -70.2. The Hall–Kier alpha value is -1.53. The van der Waals surface area contributed by atoms with Crippen LogP contribution in [0.4, 0.5) is 0 Å². The van der Waals surface area contributed by atoms with Crippen molar-refractivity contribution < 1.29 is 191 Å². The Balaban J connectivity index is 0.00000185. The second-order valence-corrected chi connectivity index (χ2v) is 21.0. The van der Waals surface area contributed by atoms with E-state index in [0.717, 1.165) is 0 Å². The molecule has 0 spiro atoms. The van der Waals surface area contributed by atoms with Gasteiger partial charge < -0.3 is 174 Å². The normalized spacial score (nSPS) is 52.7. The van der Waals surface area contributed by atoms with Crippen LogP contribution in [-0.4, -0.2) is 386 Å². The summed E-state index contributed by atoms with van der Waals surface area (Å²) >= 11 is 0. The van der Waals surface area contributed by atoms with Gasteiger partial charge in [0.05, 0.1) is 46.2 Å². The van der Waals surface area contributed by atoms with Gasteiger partial charge >= 0.3 is 10.4 Å². The molecule has 40 heteroatoms. The van der Waals surface area contributed by atoms with Crippen LogP contribution in [0, 0.1) is 0 Å². The lowest BCUT2D eigenvalue weighted by molar-refractivity contribution is -0.396. The molecule has 82 heavy (non-hydrogen) atoms. The average Bonchev–Trinajstić information content (AvgIpc) is 2.87. The van der Waals surface area contributed by atoms with Crippen molar-refractivity contribution in [3.05, 3.63) is 0 Å². The van der Waals surface area contributed by atoms with Gasteiger partial charge in [-0.05, 0) is 0 Å². The van der Waals surface area contributed by atoms with Crippen molar-refractivity contribution in [3.63, 3.8) is 0 Å². The summed E-state index contributed by atoms with van der Waals surface area (Å²) in [5.74, 6) is 0. The molecule has 0 amide bonds. The fraction of sp³-hybridized carbons (Fsp3) is 1.00. The summed E-state index contributed by atoms with van der Waals surface area (Å²) in [6, 6.07) is 0. The van der Waals surface area contributed by atoms with Gasteiger partial charge in [-0.1, -0.05) is 0 Å². The molecule has 21 fully saturated rings. The first kappa shape index (κ1) is 68.0. The van der Waals surface area contributed by atoms with Crippen molar-refractivity contribution in [3.8, 4) is 0 Å². The molecule has 0 aromatic carbocycles. The van der Waals surface area contributed by atoms with E-state index in [1.165, 1.54) is 0 Å². The molecule has 0 saturated carbocycles. The van der Waals surface area contributed by atoms with Crippen molar-refractivity contribution in [1.29, 1.82) is 0 Å². The van der Waals surface area contributed by atoms with E-state index >= 15 is 0 Å². The topological polar surface area (TPSA) is 629 Å². The fourth-order valence-corrected chi connectivity index (χ4v) is 10.4. The molecule has 35 atom stereocenters. The van der Waals surface area contributed by atoms with Crippen LogP contribution in [0.25, 0.3) is 0 Å². The Morgan fingerprint density at radius 3 is 0.390 bits per heavy atom. The standard InChI is InChI=1S/C42H70O35.H2O4S/c43-1-8-29-15(50)22(57)36(64-8)72-30-9(2-44)66-38(24(59)17(30)52)74-32-11(4-46)68-40(26(61)19(32)54)76-34-13(6-48)70-42(28(63)21(34)56)77-35-14(7-49)69-41(27(62)20(35)55)75-33-12(5-47)67-39(25(60)18(33)53)73-31-10(3-45)65-37(71-29)23(58)16(31)51;1-5(2,3)4/h8-63H,1-7H2;(H2,1,2,3,4)/t8-,9-,10-,11-,12-,13-,14-,15-,16-,17-,18-,19+,20+,21+,22-,23-,24-,25-,26+,27+,28+,29-,30-,31-,32-,33-,34-,35-,36-,37-,38-,39-,40-,41-,42-;/m1./s1. The zero-order valence-corrected chi connectivity index (χ0v) is 43.2. The first-order chi connectivity index (χ1) is 38.7. The third-order valence-electron chi connectivity index (χ3n) is 14.8. The zero-order chi connectivity index (χ0) is 60.6. The summed E-state index contributed by atoms with van der Waals surface area (Å²) in [4.78, 5) is 0. The molecule has 0 unspecified atom stereocenters. The van der Waals surface area contributed by atoms with E-state index in [9.17, 15) is 107 Å². The van der Waals surface area contributed by atoms with E-state index in [-0.39, 0.29) is 0 Å². The van der Waals surface area contributed by atoms with Gasteiger partial charge in [-0.15, -0.1) is 0 Å². The lowest BCUT2D eigenvalue weighted by Gasteiger charge is -2.50. The average molecular weight is 1230 g/mol. The fourth-order valence-electron chi connectivity index (χ4n) is 10.4. The van der Waals surface area contributed by atoms with Crippen LogP contribution in [0.1, 0.15) is 0 Å². The Kier molecular flexibility index (Phi) is 23.8. The molecule has 0 radical (unpaired) electrons. The van der Waals surface area contributed by atoms with Crippen molar-refractivity contribution in [2.45, 2.75) is 215 Å². The largest absolute Gasteiger partial charge is 0.394 e. The van der Waals surface area contributed by atoms with E-state index in [0.29, 0.717) is 0 Å². The molecule has 21 saturated heterocycles. The molecule has 21 rings (SSSR count). The maximum Gasteiger partial charge on any atom is 0.394 e. The van der Waals surface area contributed by atoms with Gasteiger partial charge in [0.2, 0.25) is 0 Å². The lowest BCUT2D eigenvalue weighted by Crippen LogP contribution is -2.68. The van der Waals surface area contributed by atoms with Crippen molar-refractivity contribution in [2.75, 3.05) is 46.2 Å². The van der Waals surface area contributed by atoms with Gasteiger partial charge in [-0.25, -0.2) is 0 Å². The van der Waals surface area contributed by atoms with Crippen molar-refractivity contribution in [1.82, 2.24) is 0 Å². The highest BCUT2D eigenvalue weighted by molar-refractivity contribution is 7.79. The van der Waals surface area contributed by atoms with E-state index in [1.807, 2.05) is 0 Å². The lowest BCUT2D eigenvalue weighted by atomic mass is 9.95. The first-order valence-electron chi connectivity index (χ1n) is 25.3. The van der Waals surface area contributed by atoms with Gasteiger partial charge in [0.15, 0.2) is 44.0 Å². The number of hydrogen-bond acceptors (Lipinski definition) is 37. The smallest absolute Gasteiger partial charge is 0.394 e. The predicted octanol–water partition coefficient (Wildman–Crippen LogP) is -15.9. The summed E-state index contributed by atoms with van der Waals surface area (Å²) < 4.78 is 111. The van der Waals surface area contributed by atoms with Gasteiger partial charge in [-0.2, -0.15) is 8.42 Å². The molecule has 21 aliphatic rings. The highest BCUT2D eigenvalue weighted by atomic mass is 32.3. The third-order valence-corrected chi connectivity index (χ3v) is 14.8. The quantitative estimate of drug-likeness (QED) is 0.105. The molecule has 39 nitrogen and oxygen atoms in total.